The molecule has 0 saturated heterocycles. The molecule has 0 aliphatic rings. The van der Waals surface area contributed by atoms with Crippen molar-refractivity contribution in [3.8, 4) is 0 Å². The minimum atomic E-state index is -0.523. The van der Waals surface area contributed by atoms with Crippen LogP contribution in [0.1, 0.15) is 31.5 Å². The van der Waals surface area contributed by atoms with E-state index >= 15 is 0 Å². The van der Waals surface area contributed by atoms with E-state index < -0.39 is 11.7 Å². The van der Waals surface area contributed by atoms with Gasteiger partial charge in [0, 0.05) is 5.38 Å². The quantitative estimate of drug-likeness (QED) is 0.876. The number of nitrogens with one attached hydrogen (secondary N) is 2. The van der Waals surface area contributed by atoms with Gasteiger partial charge in [-0.1, -0.05) is 12.1 Å². The Labute approximate surface area is 134 Å². The predicted molar refractivity (Wildman–Crippen MR) is 90.5 cm³/mol. The summed E-state index contributed by atoms with van der Waals surface area (Å²) < 4.78 is 5.27. The zero-order chi connectivity index (χ0) is 16.2. The van der Waals surface area contributed by atoms with Crippen molar-refractivity contribution in [1.29, 1.82) is 0 Å². The van der Waals surface area contributed by atoms with Crippen molar-refractivity contribution in [2.75, 3.05) is 10.6 Å². The van der Waals surface area contributed by atoms with Crippen molar-refractivity contribution in [2.24, 2.45) is 0 Å². The highest BCUT2D eigenvalue weighted by Gasteiger charge is 2.17. The topological polar surface area (TPSA) is 63.2 Å². The molecule has 1 aromatic heterocycles. The van der Waals surface area contributed by atoms with E-state index in [2.05, 4.69) is 15.6 Å². The van der Waals surface area contributed by atoms with Gasteiger partial charge >= 0.3 is 6.09 Å². The lowest BCUT2D eigenvalue weighted by Crippen LogP contribution is -2.27. The molecule has 5 nitrogen and oxygen atoms in total. The van der Waals surface area contributed by atoms with Gasteiger partial charge in [-0.3, -0.25) is 5.32 Å². The first-order chi connectivity index (χ1) is 10.3. The van der Waals surface area contributed by atoms with Crippen molar-refractivity contribution in [2.45, 2.75) is 39.8 Å². The Kier molecular flexibility index (Phi) is 5.03. The van der Waals surface area contributed by atoms with Crippen LogP contribution in [0.3, 0.4) is 0 Å². The maximum absolute atomic E-state index is 11.9. The Morgan fingerprint density at radius 1 is 1.27 bits per heavy atom. The number of anilines is 2. The van der Waals surface area contributed by atoms with Crippen LogP contribution in [0.2, 0.25) is 0 Å². The average molecular weight is 319 g/mol. The number of hydrogen-bond acceptors (Lipinski definition) is 5. The van der Waals surface area contributed by atoms with E-state index in [1.165, 1.54) is 0 Å². The van der Waals surface area contributed by atoms with Gasteiger partial charge in [0.1, 0.15) is 5.60 Å². The summed E-state index contributed by atoms with van der Waals surface area (Å²) in [6.45, 7) is 8.09. The minimum Gasteiger partial charge on any atom is -0.444 e. The summed E-state index contributed by atoms with van der Waals surface area (Å²) in [7, 11) is 0. The van der Waals surface area contributed by atoms with Gasteiger partial charge in [-0.05, 0) is 39.8 Å². The second-order valence-electron chi connectivity index (χ2n) is 5.88. The van der Waals surface area contributed by atoms with Crippen molar-refractivity contribution in [3.05, 3.63) is 40.3 Å². The fourth-order valence-electron chi connectivity index (χ4n) is 1.84. The van der Waals surface area contributed by atoms with Gasteiger partial charge in [0.2, 0.25) is 0 Å². The highest BCUT2D eigenvalue weighted by atomic mass is 32.1. The van der Waals surface area contributed by atoms with E-state index in [0.29, 0.717) is 12.2 Å². The Bertz CT molecular complexity index is 647. The first-order valence-corrected chi connectivity index (χ1v) is 7.95. The molecule has 0 fully saturated rings. The molecule has 0 aliphatic carbocycles. The SMILES string of the molecule is Cc1nc(CNc2ccccc2NC(=O)OC(C)(C)C)cs1. The normalized spacial score (nSPS) is 11.1. The molecule has 0 atom stereocenters. The van der Waals surface area contributed by atoms with Crippen LogP contribution in [0.25, 0.3) is 0 Å². The van der Waals surface area contributed by atoms with Crippen LogP contribution in [-0.4, -0.2) is 16.7 Å². The third-order valence-corrected chi connectivity index (χ3v) is 3.51. The molecule has 22 heavy (non-hydrogen) atoms. The smallest absolute Gasteiger partial charge is 0.412 e. The number of carbonyl (C=O) groups is 1. The highest BCUT2D eigenvalue weighted by molar-refractivity contribution is 7.09. The fourth-order valence-corrected chi connectivity index (χ4v) is 2.45. The molecular formula is C16H21N3O2S. The molecule has 0 aliphatic heterocycles. The van der Waals surface area contributed by atoms with Gasteiger partial charge in [0.05, 0.1) is 28.6 Å². The van der Waals surface area contributed by atoms with Gasteiger partial charge in [-0.15, -0.1) is 11.3 Å². The molecule has 1 heterocycles. The van der Waals surface area contributed by atoms with Crippen molar-refractivity contribution in [3.63, 3.8) is 0 Å². The number of carbonyl (C=O) groups excluding carboxylic acids is 1. The molecule has 0 bridgehead atoms. The molecule has 0 saturated carbocycles. The summed E-state index contributed by atoms with van der Waals surface area (Å²) in [6, 6.07) is 7.52. The Morgan fingerprint density at radius 3 is 2.55 bits per heavy atom. The van der Waals surface area contributed by atoms with E-state index in [0.717, 1.165) is 16.4 Å². The number of hydrogen-bond donors (Lipinski definition) is 2. The van der Waals surface area contributed by atoms with Gasteiger partial charge in [-0.2, -0.15) is 0 Å². The predicted octanol–water partition coefficient (Wildman–Crippen LogP) is 4.41. The zero-order valence-electron chi connectivity index (χ0n) is 13.3. The second kappa shape index (κ2) is 6.79. The molecule has 2 aromatic rings. The lowest BCUT2D eigenvalue weighted by molar-refractivity contribution is 0.0636. The second-order valence-corrected chi connectivity index (χ2v) is 6.95. The molecule has 1 aromatic carbocycles. The third kappa shape index (κ3) is 5.04. The number of aryl methyl sites for hydroxylation is 1. The first-order valence-electron chi connectivity index (χ1n) is 7.07. The lowest BCUT2D eigenvalue weighted by Gasteiger charge is -2.20. The molecule has 0 unspecified atom stereocenters. The van der Waals surface area contributed by atoms with E-state index in [1.54, 1.807) is 11.3 Å². The summed E-state index contributed by atoms with van der Waals surface area (Å²) in [5, 5.41) is 9.11. The number of ether oxygens (including phenoxy) is 1. The van der Waals surface area contributed by atoms with Crippen LogP contribution in [0.4, 0.5) is 16.2 Å². The summed E-state index contributed by atoms with van der Waals surface area (Å²) >= 11 is 1.62. The molecule has 0 radical (unpaired) electrons. The monoisotopic (exact) mass is 319 g/mol. The van der Waals surface area contributed by atoms with E-state index in [1.807, 2.05) is 57.3 Å². The van der Waals surface area contributed by atoms with Crippen molar-refractivity contribution < 1.29 is 9.53 Å². The minimum absolute atomic E-state index is 0.466. The fraction of sp³-hybridized carbons (Fsp3) is 0.375. The number of benzene rings is 1. The van der Waals surface area contributed by atoms with E-state index in [-0.39, 0.29) is 0 Å². The van der Waals surface area contributed by atoms with Crippen LogP contribution < -0.4 is 10.6 Å². The summed E-state index contributed by atoms with van der Waals surface area (Å²) in [5.74, 6) is 0. The van der Waals surface area contributed by atoms with Gasteiger partial charge in [0.15, 0.2) is 0 Å². The Morgan fingerprint density at radius 2 is 1.95 bits per heavy atom. The number of thiazole rings is 1. The number of aromatic nitrogens is 1. The van der Waals surface area contributed by atoms with Crippen LogP contribution in [0.5, 0.6) is 0 Å². The van der Waals surface area contributed by atoms with Crippen molar-refractivity contribution in [1.82, 2.24) is 4.98 Å². The Balaban J connectivity index is 2.01. The highest BCUT2D eigenvalue weighted by Crippen LogP contribution is 2.23. The van der Waals surface area contributed by atoms with Gasteiger partial charge < -0.3 is 10.1 Å². The molecule has 0 spiro atoms. The van der Waals surface area contributed by atoms with Crippen LogP contribution >= 0.6 is 11.3 Å². The van der Waals surface area contributed by atoms with Crippen molar-refractivity contribution >= 4 is 28.8 Å². The molecular weight excluding hydrogens is 298 g/mol. The molecule has 2 rings (SSSR count). The molecule has 2 N–H and O–H groups in total. The standard InChI is InChI=1S/C16H21N3O2S/c1-11-18-12(10-22-11)9-17-13-7-5-6-8-14(13)19-15(20)21-16(2,3)4/h5-8,10,17H,9H2,1-4H3,(H,19,20). The molecule has 1 amide bonds. The van der Waals surface area contributed by atoms with Gasteiger partial charge in [-0.25, -0.2) is 9.78 Å². The maximum Gasteiger partial charge on any atom is 0.412 e. The number of amides is 1. The van der Waals surface area contributed by atoms with Crippen LogP contribution in [0.15, 0.2) is 29.6 Å². The Hall–Kier alpha value is -2.08. The summed E-state index contributed by atoms with van der Waals surface area (Å²) in [4.78, 5) is 16.3. The summed E-state index contributed by atoms with van der Waals surface area (Å²) in [6.07, 6.45) is -0.466. The van der Waals surface area contributed by atoms with Crippen LogP contribution in [-0.2, 0) is 11.3 Å². The number of rotatable bonds is 4. The number of nitrogens with zero attached hydrogens (tertiary/aromatic N) is 1. The van der Waals surface area contributed by atoms with Crippen LogP contribution in [0, 0.1) is 6.92 Å². The number of para-hydroxylation sites is 2. The molecule has 6 heteroatoms. The van der Waals surface area contributed by atoms with E-state index in [4.69, 9.17) is 4.74 Å². The first kappa shape index (κ1) is 16.3. The third-order valence-electron chi connectivity index (χ3n) is 2.69. The lowest BCUT2D eigenvalue weighted by atomic mass is 10.2. The zero-order valence-corrected chi connectivity index (χ0v) is 14.1. The molecule has 118 valence electrons. The summed E-state index contributed by atoms with van der Waals surface area (Å²) in [5.41, 5.74) is 1.97. The largest absolute Gasteiger partial charge is 0.444 e. The maximum atomic E-state index is 11.9. The van der Waals surface area contributed by atoms with E-state index in [9.17, 15) is 4.79 Å². The van der Waals surface area contributed by atoms with Gasteiger partial charge in [0.25, 0.3) is 0 Å². The average Bonchev–Trinajstić information content (AvgIpc) is 2.81.